The SMILES string of the molecule is CC(C)S(=O)(=O)CCCCCCCc1cccc(OCC#N)c1. The highest BCUT2D eigenvalue weighted by Gasteiger charge is 2.14. The first-order valence-electron chi connectivity index (χ1n) is 8.26. The molecule has 0 radical (unpaired) electrons. The summed E-state index contributed by atoms with van der Waals surface area (Å²) < 4.78 is 28.6. The first-order valence-corrected chi connectivity index (χ1v) is 9.97. The van der Waals surface area contributed by atoms with Gasteiger partial charge in [-0.05, 0) is 50.8 Å². The summed E-state index contributed by atoms with van der Waals surface area (Å²) in [6.45, 7) is 3.55. The van der Waals surface area contributed by atoms with Gasteiger partial charge in [-0.3, -0.25) is 0 Å². The summed E-state index contributed by atoms with van der Waals surface area (Å²) in [5.74, 6) is 1.05. The van der Waals surface area contributed by atoms with E-state index in [2.05, 4.69) is 6.07 Å². The van der Waals surface area contributed by atoms with E-state index in [1.54, 1.807) is 13.8 Å². The van der Waals surface area contributed by atoms with Crippen molar-refractivity contribution in [2.24, 2.45) is 0 Å². The fraction of sp³-hybridized carbons (Fsp3) is 0.611. The molecule has 0 saturated heterocycles. The van der Waals surface area contributed by atoms with E-state index < -0.39 is 9.84 Å². The van der Waals surface area contributed by atoms with E-state index in [4.69, 9.17) is 10.00 Å². The Morgan fingerprint density at radius 1 is 1.13 bits per heavy atom. The van der Waals surface area contributed by atoms with Crippen LogP contribution in [0.1, 0.15) is 51.5 Å². The predicted octanol–water partition coefficient (Wildman–Crippen LogP) is 3.91. The van der Waals surface area contributed by atoms with Crippen molar-refractivity contribution in [3.05, 3.63) is 29.8 Å². The quantitative estimate of drug-likeness (QED) is 0.574. The van der Waals surface area contributed by atoms with Gasteiger partial charge >= 0.3 is 0 Å². The molecule has 5 heteroatoms. The van der Waals surface area contributed by atoms with Crippen LogP contribution in [0, 0.1) is 11.3 Å². The molecule has 0 aromatic heterocycles. The van der Waals surface area contributed by atoms with E-state index in [-0.39, 0.29) is 11.9 Å². The van der Waals surface area contributed by atoms with Crippen molar-refractivity contribution in [3.63, 3.8) is 0 Å². The van der Waals surface area contributed by atoms with Crippen molar-refractivity contribution >= 4 is 9.84 Å². The second-order valence-corrected chi connectivity index (χ2v) is 8.70. The zero-order chi connectivity index (χ0) is 17.1. The van der Waals surface area contributed by atoms with Gasteiger partial charge < -0.3 is 4.74 Å². The van der Waals surface area contributed by atoms with Gasteiger partial charge in [0, 0.05) is 0 Å². The Hall–Kier alpha value is -1.54. The molecule has 0 atom stereocenters. The molecule has 128 valence electrons. The molecule has 0 heterocycles. The Kier molecular flexibility index (Phi) is 8.71. The first-order chi connectivity index (χ1) is 11.0. The molecule has 0 fully saturated rings. The van der Waals surface area contributed by atoms with E-state index >= 15 is 0 Å². The second-order valence-electron chi connectivity index (χ2n) is 6.03. The maximum atomic E-state index is 11.7. The lowest BCUT2D eigenvalue weighted by Crippen LogP contribution is -2.17. The van der Waals surface area contributed by atoms with E-state index in [1.807, 2.05) is 24.3 Å². The van der Waals surface area contributed by atoms with Crippen LogP contribution in [0.4, 0.5) is 0 Å². The smallest absolute Gasteiger partial charge is 0.174 e. The number of aryl methyl sites for hydroxylation is 1. The highest BCUT2D eigenvalue weighted by molar-refractivity contribution is 7.91. The molecule has 0 aliphatic carbocycles. The molecular formula is C18H27NO3S. The Morgan fingerprint density at radius 2 is 1.83 bits per heavy atom. The van der Waals surface area contributed by atoms with Crippen LogP contribution in [0.15, 0.2) is 24.3 Å². The third-order valence-electron chi connectivity index (χ3n) is 3.81. The Balaban J connectivity index is 2.17. The normalized spacial score (nSPS) is 11.4. The van der Waals surface area contributed by atoms with Crippen LogP contribution in [0.5, 0.6) is 5.75 Å². The summed E-state index contributed by atoms with van der Waals surface area (Å²) in [7, 11) is -2.88. The number of hydrogen-bond acceptors (Lipinski definition) is 4. The number of ether oxygens (including phenoxy) is 1. The second kappa shape index (κ2) is 10.3. The summed E-state index contributed by atoms with van der Waals surface area (Å²) in [5.41, 5.74) is 1.21. The minimum Gasteiger partial charge on any atom is -0.479 e. The van der Waals surface area contributed by atoms with Crippen LogP contribution in [-0.4, -0.2) is 26.0 Å². The fourth-order valence-corrected chi connectivity index (χ4v) is 3.38. The maximum Gasteiger partial charge on any atom is 0.174 e. The van der Waals surface area contributed by atoms with Gasteiger partial charge in [0.25, 0.3) is 0 Å². The van der Waals surface area contributed by atoms with Crippen molar-refractivity contribution in [1.82, 2.24) is 0 Å². The lowest BCUT2D eigenvalue weighted by Gasteiger charge is -2.07. The molecule has 0 aliphatic heterocycles. The van der Waals surface area contributed by atoms with Crippen LogP contribution in [0.3, 0.4) is 0 Å². The van der Waals surface area contributed by atoms with Crippen molar-refractivity contribution < 1.29 is 13.2 Å². The molecule has 0 unspecified atom stereocenters. The summed E-state index contributed by atoms with van der Waals surface area (Å²) in [6, 6.07) is 9.80. The molecule has 0 N–H and O–H groups in total. The highest BCUT2D eigenvalue weighted by Crippen LogP contribution is 2.16. The molecule has 0 spiro atoms. The van der Waals surface area contributed by atoms with Crippen molar-refractivity contribution in [2.45, 2.75) is 57.6 Å². The van der Waals surface area contributed by atoms with Gasteiger partial charge in [-0.1, -0.05) is 31.4 Å². The fourth-order valence-electron chi connectivity index (χ4n) is 2.30. The van der Waals surface area contributed by atoms with Crippen LogP contribution in [0.2, 0.25) is 0 Å². The third kappa shape index (κ3) is 8.03. The Labute approximate surface area is 140 Å². The Bertz CT molecular complexity index is 603. The van der Waals surface area contributed by atoms with Crippen LogP contribution >= 0.6 is 0 Å². The molecule has 1 aromatic rings. The van der Waals surface area contributed by atoms with Gasteiger partial charge in [0.2, 0.25) is 0 Å². The molecular weight excluding hydrogens is 310 g/mol. The lowest BCUT2D eigenvalue weighted by atomic mass is 10.1. The standard InChI is InChI=1S/C18H27NO3S/c1-16(2)23(20,21)14-7-5-3-4-6-9-17-10-8-11-18(15-17)22-13-12-19/h8,10-11,15-16H,3-7,9,13-14H2,1-2H3. The van der Waals surface area contributed by atoms with Crippen molar-refractivity contribution in [3.8, 4) is 11.8 Å². The summed E-state index contributed by atoms with van der Waals surface area (Å²) in [6.07, 6.45) is 5.96. The van der Waals surface area contributed by atoms with E-state index in [1.165, 1.54) is 5.56 Å². The number of sulfone groups is 1. The number of nitriles is 1. The summed E-state index contributed by atoms with van der Waals surface area (Å²) in [5, 5.41) is 8.24. The average Bonchev–Trinajstić information content (AvgIpc) is 2.52. The summed E-state index contributed by atoms with van der Waals surface area (Å²) in [4.78, 5) is 0. The molecule has 0 amide bonds. The largest absolute Gasteiger partial charge is 0.479 e. The van der Waals surface area contributed by atoms with Crippen LogP contribution < -0.4 is 4.74 Å². The van der Waals surface area contributed by atoms with E-state index in [0.29, 0.717) is 5.75 Å². The molecule has 0 saturated carbocycles. The van der Waals surface area contributed by atoms with Gasteiger partial charge in [-0.25, -0.2) is 8.42 Å². The number of unbranched alkanes of at least 4 members (excludes halogenated alkanes) is 4. The van der Waals surface area contributed by atoms with Gasteiger partial charge in [-0.2, -0.15) is 5.26 Å². The van der Waals surface area contributed by atoms with Gasteiger partial charge in [-0.15, -0.1) is 0 Å². The number of nitrogens with zero attached hydrogens (tertiary/aromatic N) is 1. The minimum absolute atomic E-state index is 0.0722. The number of benzene rings is 1. The number of hydrogen-bond donors (Lipinski definition) is 0. The molecule has 0 bridgehead atoms. The van der Waals surface area contributed by atoms with Crippen LogP contribution in [-0.2, 0) is 16.3 Å². The first kappa shape index (κ1) is 19.5. The monoisotopic (exact) mass is 337 g/mol. The van der Waals surface area contributed by atoms with Gasteiger partial charge in [0.1, 0.15) is 11.8 Å². The topological polar surface area (TPSA) is 67.2 Å². The predicted molar refractivity (Wildman–Crippen MR) is 93.3 cm³/mol. The van der Waals surface area contributed by atoms with Crippen molar-refractivity contribution in [2.75, 3.05) is 12.4 Å². The van der Waals surface area contributed by atoms with Crippen molar-refractivity contribution in [1.29, 1.82) is 5.26 Å². The Morgan fingerprint density at radius 3 is 2.52 bits per heavy atom. The third-order valence-corrected chi connectivity index (χ3v) is 6.11. The molecule has 23 heavy (non-hydrogen) atoms. The van der Waals surface area contributed by atoms with E-state index in [9.17, 15) is 8.42 Å². The van der Waals surface area contributed by atoms with Gasteiger partial charge in [0.05, 0.1) is 11.0 Å². The van der Waals surface area contributed by atoms with Gasteiger partial charge in [0.15, 0.2) is 16.4 Å². The molecule has 4 nitrogen and oxygen atoms in total. The van der Waals surface area contributed by atoms with Crippen LogP contribution in [0.25, 0.3) is 0 Å². The van der Waals surface area contributed by atoms with E-state index in [0.717, 1.165) is 44.3 Å². The lowest BCUT2D eigenvalue weighted by molar-refractivity contribution is 0.367. The maximum absolute atomic E-state index is 11.7. The minimum atomic E-state index is -2.88. The zero-order valence-electron chi connectivity index (χ0n) is 14.1. The molecule has 0 aliphatic rings. The molecule has 1 rings (SSSR count). The average molecular weight is 337 g/mol. The number of rotatable bonds is 11. The summed E-state index contributed by atoms with van der Waals surface area (Å²) >= 11 is 0. The molecule has 1 aromatic carbocycles. The highest BCUT2D eigenvalue weighted by atomic mass is 32.2. The zero-order valence-corrected chi connectivity index (χ0v) is 14.9.